The van der Waals surface area contributed by atoms with Gasteiger partial charge in [-0.2, -0.15) is 5.26 Å². The van der Waals surface area contributed by atoms with Gasteiger partial charge in [0.15, 0.2) is 0 Å². The fraction of sp³-hybridized carbons (Fsp3) is 0.933. The van der Waals surface area contributed by atoms with Crippen molar-refractivity contribution in [3.8, 4) is 6.07 Å². The average Bonchev–Trinajstić information content (AvgIpc) is 3.12. The monoisotopic (exact) mass is 249 g/mol. The van der Waals surface area contributed by atoms with E-state index in [4.69, 9.17) is 0 Å². The number of likely N-dealkylation sites (tertiary alicyclic amines) is 1. The first-order valence-corrected chi connectivity index (χ1v) is 7.45. The molecule has 2 fully saturated rings. The highest BCUT2D eigenvalue weighted by Gasteiger charge is 2.33. The Balaban J connectivity index is 1.80. The molecule has 1 saturated carbocycles. The summed E-state index contributed by atoms with van der Waals surface area (Å²) in [5.74, 6) is 0.864. The zero-order chi connectivity index (χ0) is 13.2. The molecule has 3 atom stereocenters. The van der Waals surface area contributed by atoms with E-state index in [1.54, 1.807) is 0 Å². The van der Waals surface area contributed by atoms with Crippen LogP contribution in [0.1, 0.15) is 52.9 Å². The van der Waals surface area contributed by atoms with Gasteiger partial charge in [0.2, 0.25) is 0 Å². The van der Waals surface area contributed by atoms with Gasteiger partial charge in [0.05, 0.1) is 6.07 Å². The predicted octanol–water partition coefficient (Wildman–Crippen LogP) is 2.53. The minimum atomic E-state index is -0.329. The Morgan fingerprint density at radius 2 is 2.06 bits per heavy atom. The lowest BCUT2D eigenvalue weighted by Gasteiger charge is -2.38. The maximum absolute atomic E-state index is 9.37. The van der Waals surface area contributed by atoms with Crippen LogP contribution in [-0.4, -0.2) is 35.6 Å². The molecule has 3 heteroatoms. The molecule has 1 aliphatic carbocycles. The van der Waals surface area contributed by atoms with E-state index in [-0.39, 0.29) is 5.54 Å². The normalized spacial score (nSPS) is 32.8. The molecule has 2 rings (SSSR count). The highest BCUT2D eigenvalue weighted by molar-refractivity contribution is 5.07. The van der Waals surface area contributed by atoms with E-state index in [0.717, 1.165) is 18.9 Å². The molecule has 1 heterocycles. The van der Waals surface area contributed by atoms with Crippen LogP contribution >= 0.6 is 0 Å². The number of piperidine rings is 1. The molecule has 1 aliphatic heterocycles. The quantitative estimate of drug-likeness (QED) is 0.814. The van der Waals surface area contributed by atoms with Gasteiger partial charge in [-0.1, -0.05) is 6.92 Å². The van der Waals surface area contributed by atoms with Crippen LogP contribution in [-0.2, 0) is 0 Å². The summed E-state index contributed by atoms with van der Waals surface area (Å²) in [6.07, 6.45) is 6.05. The highest BCUT2D eigenvalue weighted by atomic mass is 15.2. The molecule has 3 nitrogen and oxygen atoms in total. The van der Waals surface area contributed by atoms with Gasteiger partial charge >= 0.3 is 0 Å². The fourth-order valence-electron chi connectivity index (χ4n) is 2.99. The molecule has 0 bridgehead atoms. The van der Waals surface area contributed by atoms with Crippen molar-refractivity contribution in [2.45, 2.75) is 70.5 Å². The van der Waals surface area contributed by atoms with Gasteiger partial charge in [-0.3, -0.25) is 5.32 Å². The lowest BCUT2D eigenvalue weighted by molar-refractivity contribution is 0.120. The summed E-state index contributed by atoms with van der Waals surface area (Å²) < 4.78 is 0. The van der Waals surface area contributed by atoms with Crippen molar-refractivity contribution in [1.82, 2.24) is 10.2 Å². The van der Waals surface area contributed by atoms with Crippen LogP contribution in [0.5, 0.6) is 0 Å². The molecule has 0 spiro atoms. The van der Waals surface area contributed by atoms with Gasteiger partial charge in [-0.25, -0.2) is 0 Å². The molecular weight excluding hydrogens is 222 g/mol. The Morgan fingerprint density at radius 1 is 1.33 bits per heavy atom. The van der Waals surface area contributed by atoms with Gasteiger partial charge in [-0.15, -0.1) is 0 Å². The van der Waals surface area contributed by atoms with Gasteiger partial charge in [0.1, 0.15) is 5.54 Å². The SMILES string of the molecule is CC1CCN(CCC(C)(C#N)NC2CC2)C(C)C1. The Kier molecular flexibility index (Phi) is 4.29. The fourth-order valence-corrected chi connectivity index (χ4v) is 2.99. The average molecular weight is 249 g/mol. The summed E-state index contributed by atoms with van der Waals surface area (Å²) in [6, 6.07) is 3.76. The van der Waals surface area contributed by atoms with Crippen LogP contribution in [0, 0.1) is 17.2 Å². The number of nitrogens with one attached hydrogen (secondary N) is 1. The minimum Gasteiger partial charge on any atom is -0.301 e. The molecule has 102 valence electrons. The van der Waals surface area contributed by atoms with Crippen LogP contribution in [0.3, 0.4) is 0 Å². The van der Waals surface area contributed by atoms with Crippen molar-refractivity contribution >= 4 is 0 Å². The van der Waals surface area contributed by atoms with Crippen LogP contribution in [0.4, 0.5) is 0 Å². The molecule has 2 aliphatic rings. The molecule has 0 aromatic rings. The first-order valence-electron chi connectivity index (χ1n) is 7.45. The summed E-state index contributed by atoms with van der Waals surface area (Å²) >= 11 is 0. The summed E-state index contributed by atoms with van der Waals surface area (Å²) in [5, 5.41) is 12.9. The lowest BCUT2D eigenvalue weighted by Crippen LogP contribution is -2.47. The predicted molar refractivity (Wildman–Crippen MR) is 74.2 cm³/mol. The van der Waals surface area contributed by atoms with Gasteiger partial charge in [-0.05, 0) is 58.4 Å². The number of nitriles is 1. The van der Waals surface area contributed by atoms with E-state index in [1.807, 2.05) is 0 Å². The van der Waals surface area contributed by atoms with Crippen LogP contribution in [0.25, 0.3) is 0 Å². The maximum atomic E-state index is 9.37. The molecular formula is C15H27N3. The molecule has 3 unspecified atom stereocenters. The van der Waals surface area contributed by atoms with Crippen molar-refractivity contribution in [1.29, 1.82) is 5.26 Å². The molecule has 1 saturated heterocycles. The van der Waals surface area contributed by atoms with Crippen molar-refractivity contribution in [2.24, 2.45) is 5.92 Å². The first kappa shape index (κ1) is 13.8. The molecule has 0 amide bonds. The van der Waals surface area contributed by atoms with Crippen molar-refractivity contribution in [3.05, 3.63) is 0 Å². The van der Waals surface area contributed by atoms with Gasteiger partial charge in [0, 0.05) is 18.6 Å². The second-order valence-corrected chi connectivity index (χ2v) is 6.63. The zero-order valence-corrected chi connectivity index (χ0v) is 12.1. The molecule has 18 heavy (non-hydrogen) atoms. The topological polar surface area (TPSA) is 39.1 Å². The molecule has 0 aromatic carbocycles. The van der Waals surface area contributed by atoms with E-state index >= 15 is 0 Å². The highest BCUT2D eigenvalue weighted by Crippen LogP contribution is 2.26. The lowest BCUT2D eigenvalue weighted by atomic mass is 9.92. The summed E-state index contributed by atoms with van der Waals surface area (Å²) in [6.45, 7) is 8.99. The molecule has 0 radical (unpaired) electrons. The third-order valence-electron chi connectivity index (χ3n) is 4.52. The van der Waals surface area contributed by atoms with Crippen LogP contribution in [0.2, 0.25) is 0 Å². The Labute approximate surface area is 112 Å². The number of rotatable bonds is 5. The second kappa shape index (κ2) is 5.59. The third kappa shape index (κ3) is 3.70. The minimum absolute atomic E-state index is 0.329. The Hall–Kier alpha value is -0.590. The Bertz CT molecular complexity index is 318. The van der Waals surface area contributed by atoms with Gasteiger partial charge < -0.3 is 4.90 Å². The van der Waals surface area contributed by atoms with E-state index < -0.39 is 0 Å². The van der Waals surface area contributed by atoms with Crippen LogP contribution in [0.15, 0.2) is 0 Å². The van der Waals surface area contributed by atoms with Crippen LogP contribution < -0.4 is 5.32 Å². The summed E-state index contributed by atoms with van der Waals surface area (Å²) in [4.78, 5) is 2.56. The van der Waals surface area contributed by atoms with E-state index in [1.165, 1.54) is 32.2 Å². The molecule has 0 aromatic heterocycles. The number of hydrogen-bond acceptors (Lipinski definition) is 3. The summed E-state index contributed by atoms with van der Waals surface area (Å²) in [5.41, 5.74) is -0.329. The van der Waals surface area contributed by atoms with E-state index in [2.05, 4.69) is 37.1 Å². The van der Waals surface area contributed by atoms with Crippen molar-refractivity contribution in [2.75, 3.05) is 13.1 Å². The van der Waals surface area contributed by atoms with Crippen molar-refractivity contribution < 1.29 is 0 Å². The van der Waals surface area contributed by atoms with Gasteiger partial charge in [0.25, 0.3) is 0 Å². The Morgan fingerprint density at radius 3 is 2.61 bits per heavy atom. The zero-order valence-electron chi connectivity index (χ0n) is 12.1. The number of hydrogen-bond donors (Lipinski definition) is 1. The second-order valence-electron chi connectivity index (χ2n) is 6.63. The standard InChI is InChI=1S/C15H27N3/c1-12-6-8-18(13(2)10-12)9-7-15(3,11-16)17-14-4-5-14/h12-14,17H,4-10H2,1-3H3. The third-order valence-corrected chi connectivity index (χ3v) is 4.52. The largest absolute Gasteiger partial charge is 0.301 e. The molecule has 1 N–H and O–H groups in total. The maximum Gasteiger partial charge on any atom is 0.105 e. The smallest absolute Gasteiger partial charge is 0.105 e. The first-order chi connectivity index (χ1) is 8.52. The van der Waals surface area contributed by atoms with E-state index in [9.17, 15) is 5.26 Å². The summed E-state index contributed by atoms with van der Waals surface area (Å²) in [7, 11) is 0. The number of nitrogens with zero attached hydrogens (tertiary/aromatic N) is 2. The van der Waals surface area contributed by atoms with E-state index in [0.29, 0.717) is 12.1 Å². The van der Waals surface area contributed by atoms with Crippen molar-refractivity contribution in [3.63, 3.8) is 0 Å².